The van der Waals surface area contributed by atoms with Crippen LogP contribution in [0.1, 0.15) is 5.56 Å². The number of hydrogen-bond acceptors (Lipinski definition) is 5. The minimum absolute atomic E-state index is 0.410. The predicted molar refractivity (Wildman–Crippen MR) is 96.7 cm³/mol. The molecule has 0 unspecified atom stereocenters. The number of rotatable bonds is 4. The van der Waals surface area contributed by atoms with Crippen molar-refractivity contribution in [2.75, 3.05) is 10.6 Å². The lowest BCUT2D eigenvalue weighted by atomic mass is 10.2. The molecule has 0 bridgehead atoms. The number of aromatic nitrogens is 3. The number of anilines is 4. The summed E-state index contributed by atoms with van der Waals surface area (Å²) in [6.45, 7) is 1.94. The van der Waals surface area contributed by atoms with Crippen molar-refractivity contribution in [3.63, 3.8) is 0 Å². The number of benzene rings is 2. The molecule has 0 aliphatic rings. The summed E-state index contributed by atoms with van der Waals surface area (Å²) in [5.41, 5.74) is 2.71. The molecule has 0 fully saturated rings. The van der Waals surface area contributed by atoms with Crippen molar-refractivity contribution >= 4 is 50.7 Å². The fraction of sp³-hybridized carbons (Fsp3) is 0.0625. The molecule has 1 heterocycles. The van der Waals surface area contributed by atoms with E-state index >= 15 is 0 Å². The van der Waals surface area contributed by atoms with Gasteiger partial charge in [0, 0.05) is 20.9 Å². The summed E-state index contributed by atoms with van der Waals surface area (Å²) >= 11 is 9.56. The van der Waals surface area contributed by atoms with E-state index in [9.17, 15) is 0 Å². The summed E-state index contributed by atoms with van der Waals surface area (Å²) in [6.07, 6.45) is 1.56. The molecule has 116 valence electrons. The molecule has 1 aromatic heterocycles. The van der Waals surface area contributed by atoms with Crippen LogP contribution in [0.15, 0.2) is 53.1 Å². The van der Waals surface area contributed by atoms with E-state index in [4.69, 9.17) is 11.6 Å². The predicted octanol–water partition coefficient (Wildman–Crippen LogP) is 5.08. The molecule has 5 nitrogen and oxygen atoms in total. The Labute approximate surface area is 147 Å². The van der Waals surface area contributed by atoms with Crippen LogP contribution in [0, 0.1) is 6.92 Å². The van der Waals surface area contributed by atoms with Gasteiger partial charge in [-0.15, -0.1) is 5.10 Å². The van der Waals surface area contributed by atoms with E-state index in [0.29, 0.717) is 16.8 Å². The second-order valence-electron chi connectivity index (χ2n) is 4.84. The molecule has 2 N–H and O–H groups in total. The third kappa shape index (κ3) is 3.97. The van der Waals surface area contributed by atoms with Gasteiger partial charge in [0.2, 0.25) is 5.95 Å². The molecule has 3 rings (SSSR count). The van der Waals surface area contributed by atoms with Gasteiger partial charge in [-0.05, 0) is 42.8 Å². The van der Waals surface area contributed by atoms with Crippen molar-refractivity contribution < 1.29 is 0 Å². The maximum absolute atomic E-state index is 6.13. The monoisotopic (exact) mass is 389 g/mol. The molecule has 0 amide bonds. The highest BCUT2D eigenvalue weighted by Gasteiger charge is 2.05. The van der Waals surface area contributed by atoms with Crippen molar-refractivity contribution in [3.8, 4) is 0 Å². The highest BCUT2D eigenvalue weighted by atomic mass is 79.9. The number of nitrogens with zero attached hydrogens (tertiary/aromatic N) is 3. The second kappa shape index (κ2) is 6.93. The summed E-state index contributed by atoms with van der Waals surface area (Å²) in [4.78, 5) is 4.41. The fourth-order valence-corrected chi connectivity index (χ4v) is 2.57. The Balaban J connectivity index is 1.81. The molecule has 0 atom stereocenters. The maximum Gasteiger partial charge on any atom is 0.249 e. The maximum atomic E-state index is 6.13. The first-order valence-electron chi connectivity index (χ1n) is 6.86. The largest absolute Gasteiger partial charge is 0.339 e. The summed E-state index contributed by atoms with van der Waals surface area (Å²) in [5, 5.41) is 15.0. The van der Waals surface area contributed by atoms with Gasteiger partial charge in [-0.25, -0.2) is 0 Å². The quantitative estimate of drug-likeness (QED) is 0.650. The zero-order valence-electron chi connectivity index (χ0n) is 12.2. The average Bonchev–Trinajstić information content (AvgIpc) is 2.52. The van der Waals surface area contributed by atoms with Gasteiger partial charge in [0.05, 0.1) is 6.20 Å². The minimum atomic E-state index is 0.410. The number of nitrogens with one attached hydrogen (secondary N) is 2. The number of halogens is 2. The Hall–Kier alpha value is -2.18. The average molecular weight is 391 g/mol. The van der Waals surface area contributed by atoms with Crippen molar-refractivity contribution in [1.29, 1.82) is 0 Å². The molecule has 0 saturated carbocycles. The SMILES string of the molecule is Cc1c(Cl)cccc1Nc1cnnc(Nc2cccc(Br)c2)n1. The highest BCUT2D eigenvalue weighted by Crippen LogP contribution is 2.25. The molecule has 0 radical (unpaired) electrons. The molecule has 0 aliphatic carbocycles. The van der Waals surface area contributed by atoms with Gasteiger partial charge in [-0.1, -0.05) is 39.7 Å². The first kappa shape index (κ1) is 15.7. The van der Waals surface area contributed by atoms with Crippen molar-refractivity contribution in [1.82, 2.24) is 15.2 Å². The lowest BCUT2D eigenvalue weighted by Gasteiger charge is -2.10. The van der Waals surface area contributed by atoms with Gasteiger partial charge >= 0.3 is 0 Å². The topological polar surface area (TPSA) is 62.7 Å². The normalized spacial score (nSPS) is 10.4. The molecular weight excluding hydrogens is 378 g/mol. The molecular formula is C16H13BrClN5. The third-order valence-corrected chi connectivity index (χ3v) is 4.07. The van der Waals surface area contributed by atoms with Gasteiger partial charge in [-0.2, -0.15) is 10.1 Å². The van der Waals surface area contributed by atoms with Crippen LogP contribution in [0.4, 0.5) is 23.1 Å². The van der Waals surface area contributed by atoms with E-state index in [1.165, 1.54) is 0 Å². The van der Waals surface area contributed by atoms with Crippen LogP contribution < -0.4 is 10.6 Å². The van der Waals surface area contributed by atoms with E-state index in [1.807, 2.05) is 49.4 Å². The molecule has 0 aliphatic heterocycles. The van der Waals surface area contributed by atoms with E-state index < -0.39 is 0 Å². The van der Waals surface area contributed by atoms with Gasteiger partial charge < -0.3 is 10.6 Å². The second-order valence-corrected chi connectivity index (χ2v) is 6.16. The Bertz CT molecular complexity index is 840. The van der Waals surface area contributed by atoms with E-state index in [2.05, 4.69) is 41.7 Å². The highest BCUT2D eigenvalue weighted by molar-refractivity contribution is 9.10. The zero-order valence-corrected chi connectivity index (χ0v) is 14.6. The van der Waals surface area contributed by atoms with Gasteiger partial charge in [0.25, 0.3) is 0 Å². The molecule has 0 saturated heterocycles. The van der Waals surface area contributed by atoms with E-state index in [0.717, 1.165) is 21.4 Å². The molecule has 3 aromatic rings. The summed E-state index contributed by atoms with van der Waals surface area (Å²) in [5.74, 6) is 0.996. The summed E-state index contributed by atoms with van der Waals surface area (Å²) in [7, 11) is 0. The lowest BCUT2D eigenvalue weighted by molar-refractivity contribution is 0.982. The minimum Gasteiger partial charge on any atom is -0.339 e. The van der Waals surface area contributed by atoms with Crippen LogP contribution >= 0.6 is 27.5 Å². The van der Waals surface area contributed by atoms with Crippen LogP contribution in [0.3, 0.4) is 0 Å². The zero-order chi connectivity index (χ0) is 16.2. The molecule has 7 heteroatoms. The summed E-state index contributed by atoms with van der Waals surface area (Å²) < 4.78 is 0.972. The molecule has 0 spiro atoms. The van der Waals surface area contributed by atoms with Gasteiger partial charge in [-0.3, -0.25) is 0 Å². The van der Waals surface area contributed by atoms with Crippen LogP contribution in [-0.4, -0.2) is 15.2 Å². The van der Waals surface area contributed by atoms with Crippen LogP contribution in [0.25, 0.3) is 0 Å². The lowest BCUT2D eigenvalue weighted by Crippen LogP contribution is -2.03. The smallest absolute Gasteiger partial charge is 0.249 e. The Morgan fingerprint density at radius 2 is 1.91 bits per heavy atom. The van der Waals surface area contributed by atoms with E-state index in [-0.39, 0.29) is 0 Å². The van der Waals surface area contributed by atoms with Crippen LogP contribution in [0.5, 0.6) is 0 Å². The molecule has 23 heavy (non-hydrogen) atoms. The van der Waals surface area contributed by atoms with Crippen molar-refractivity contribution in [2.24, 2.45) is 0 Å². The van der Waals surface area contributed by atoms with Gasteiger partial charge in [0.15, 0.2) is 5.82 Å². The van der Waals surface area contributed by atoms with Crippen LogP contribution in [-0.2, 0) is 0 Å². The first-order chi connectivity index (χ1) is 11.1. The third-order valence-electron chi connectivity index (χ3n) is 3.17. The van der Waals surface area contributed by atoms with Crippen molar-refractivity contribution in [3.05, 3.63) is 63.7 Å². The van der Waals surface area contributed by atoms with Crippen LogP contribution in [0.2, 0.25) is 5.02 Å². The Kier molecular flexibility index (Phi) is 4.73. The van der Waals surface area contributed by atoms with E-state index in [1.54, 1.807) is 6.20 Å². The van der Waals surface area contributed by atoms with Gasteiger partial charge in [0.1, 0.15) is 0 Å². The molecule has 2 aromatic carbocycles. The Morgan fingerprint density at radius 1 is 1.09 bits per heavy atom. The Morgan fingerprint density at radius 3 is 2.74 bits per heavy atom. The first-order valence-corrected chi connectivity index (χ1v) is 8.03. The fourth-order valence-electron chi connectivity index (χ4n) is 1.99. The summed E-state index contributed by atoms with van der Waals surface area (Å²) in [6, 6.07) is 13.4. The standard InChI is InChI=1S/C16H13BrClN5/c1-10-13(18)6-3-7-14(10)21-15-9-19-23-16(22-15)20-12-5-2-4-11(17)8-12/h2-9H,1H3,(H2,20,21,22,23). The van der Waals surface area contributed by atoms with Crippen molar-refractivity contribution in [2.45, 2.75) is 6.92 Å². The number of hydrogen-bond donors (Lipinski definition) is 2.